The summed E-state index contributed by atoms with van der Waals surface area (Å²) in [6, 6.07) is 13.3. The summed E-state index contributed by atoms with van der Waals surface area (Å²) in [7, 11) is 1.44. The molecule has 0 saturated heterocycles. The van der Waals surface area contributed by atoms with Crippen LogP contribution in [-0.2, 0) is 0 Å². The van der Waals surface area contributed by atoms with Gasteiger partial charge in [0.2, 0.25) is 0 Å². The lowest BCUT2D eigenvalue weighted by molar-refractivity contribution is 0.0947. The zero-order valence-electron chi connectivity index (χ0n) is 16.4. The molecule has 10 heteroatoms. The summed E-state index contributed by atoms with van der Waals surface area (Å²) in [5, 5.41) is 18.2. The fraction of sp³-hybridized carbons (Fsp3) is 0.0952. The van der Waals surface area contributed by atoms with Crippen LogP contribution in [0.4, 0.5) is 0 Å². The van der Waals surface area contributed by atoms with Gasteiger partial charge in [-0.2, -0.15) is 20.1 Å². The Hall–Kier alpha value is -3.67. The number of nitriles is 1. The van der Waals surface area contributed by atoms with Crippen molar-refractivity contribution in [3.63, 3.8) is 0 Å². The summed E-state index contributed by atoms with van der Waals surface area (Å²) >= 11 is 11.8. The Balaban J connectivity index is 1.99. The van der Waals surface area contributed by atoms with Crippen LogP contribution in [0.5, 0.6) is 5.75 Å². The van der Waals surface area contributed by atoms with Gasteiger partial charge in [-0.15, -0.1) is 0 Å². The third-order valence-corrected chi connectivity index (χ3v) is 5.04. The molecule has 0 saturated carbocycles. The number of hydrogen-bond acceptors (Lipinski definition) is 6. The number of aromatic nitrogens is 2. The summed E-state index contributed by atoms with van der Waals surface area (Å²) in [4.78, 5) is 25.5. The van der Waals surface area contributed by atoms with Gasteiger partial charge in [0.05, 0.1) is 23.4 Å². The first-order valence-corrected chi connectivity index (χ1v) is 9.58. The second-order valence-corrected chi connectivity index (χ2v) is 7.04. The summed E-state index contributed by atoms with van der Waals surface area (Å²) in [6.07, 6.45) is 1.37. The molecule has 3 rings (SSSR count). The lowest BCUT2D eigenvalue weighted by Gasteiger charge is -2.13. The molecule has 0 unspecified atom stereocenters. The van der Waals surface area contributed by atoms with Gasteiger partial charge in [0.15, 0.2) is 5.69 Å². The molecule has 0 atom stereocenters. The highest BCUT2D eigenvalue weighted by Crippen LogP contribution is 2.22. The number of carbonyl (C=O) groups excluding carboxylic acids is 1. The molecule has 156 valence electrons. The molecular weight excluding hydrogens is 441 g/mol. The first-order chi connectivity index (χ1) is 14.9. The van der Waals surface area contributed by atoms with Crippen LogP contribution < -0.4 is 15.7 Å². The minimum absolute atomic E-state index is 0.131. The molecule has 2 aromatic carbocycles. The quantitative estimate of drug-likeness (QED) is 0.467. The van der Waals surface area contributed by atoms with Crippen molar-refractivity contribution in [2.45, 2.75) is 6.92 Å². The number of amides is 1. The van der Waals surface area contributed by atoms with Gasteiger partial charge in [-0.3, -0.25) is 9.59 Å². The normalized spacial score (nSPS) is 10.7. The Labute approximate surface area is 187 Å². The molecule has 1 aromatic heterocycles. The van der Waals surface area contributed by atoms with E-state index in [1.807, 2.05) is 6.07 Å². The maximum Gasteiger partial charge on any atom is 0.292 e. The van der Waals surface area contributed by atoms with Crippen LogP contribution in [0.3, 0.4) is 0 Å². The summed E-state index contributed by atoms with van der Waals surface area (Å²) in [5.74, 6) is -0.345. The predicted molar refractivity (Wildman–Crippen MR) is 117 cm³/mol. The van der Waals surface area contributed by atoms with Crippen LogP contribution in [0.25, 0.3) is 5.69 Å². The molecule has 0 radical (unpaired) electrons. The number of para-hydroxylation sites is 2. The molecule has 1 N–H and O–H groups in total. The van der Waals surface area contributed by atoms with Crippen molar-refractivity contribution in [3.05, 3.63) is 85.2 Å². The Bertz CT molecular complexity index is 1300. The fourth-order valence-corrected chi connectivity index (χ4v) is 3.04. The number of nitrogens with one attached hydrogen (secondary N) is 1. The molecule has 0 aliphatic rings. The van der Waals surface area contributed by atoms with Gasteiger partial charge >= 0.3 is 0 Å². The van der Waals surface area contributed by atoms with Crippen molar-refractivity contribution >= 4 is 35.3 Å². The van der Waals surface area contributed by atoms with Gasteiger partial charge in [0, 0.05) is 5.56 Å². The SMILES string of the molecule is COc1ccccc1-n1nc(C(=O)N/N=C/c2ccc(Cl)c(Cl)c2)c(C)c(C#N)c1=O. The van der Waals surface area contributed by atoms with Gasteiger partial charge in [0.25, 0.3) is 11.5 Å². The van der Waals surface area contributed by atoms with E-state index in [0.717, 1.165) is 4.68 Å². The van der Waals surface area contributed by atoms with E-state index in [1.54, 1.807) is 42.5 Å². The number of methoxy groups -OCH3 is 1. The third kappa shape index (κ3) is 4.58. The van der Waals surface area contributed by atoms with Gasteiger partial charge in [-0.05, 0) is 36.8 Å². The smallest absolute Gasteiger partial charge is 0.292 e. The van der Waals surface area contributed by atoms with Crippen molar-refractivity contribution in [1.82, 2.24) is 15.2 Å². The van der Waals surface area contributed by atoms with E-state index < -0.39 is 11.5 Å². The highest BCUT2D eigenvalue weighted by atomic mass is 35.5. The number of nitrogens with zero attached hydrogens (tertiary/aromatic N) is 4. The Morgan fingerprint density at radius 2 is 2.00 bits per heavy atom. The Morgan fingerprint density at radius 1 is 1.26 bits per heavy atom. The second-order valence-electron chi connectivity index (χ2n) is 6.22. The summed E-state index contributed by atoms with van der Waals surface area (Å²) in [5.41, 5.74) is 2.37. The summed E-state index contributed by atoms with van der Waals surface area (Å²) < 4.78 is 6.22. The first kappa shape index (κ1) is 22.0. The highest BCUT2D eigenvalue weighted by molar-refractivity contribution is 6.42. The number of carbonyl (C=O) groups is 1. The van der Waals surface area contributed by atoms with E-state index in [9.17, 15) is 14.9 Å². The lowest BCUT2D eigenvalue weighted by Crippen LogP contribution is -2.31. The third-order valence-electron chi connectivity index (χ3n) is 4.30. The molecule has 0 spiro atoms. The molecule has 0 aliphatic carbocycles. The van der Waals surface area contributed by atoms with Gasteiger partial charge in [-0.25, -0.2) is 5.43 Å². The van der Waals surface area contributed by atoms with Crippen molar-refractivity contribution in [2.24, 2.45) is 5.10 Å². The van der Waals surface area contributed by atoms with Crippen LogP contribution in [0.2, 0.25) is 10.0 Å². The molecule has 1 amide bonds. The molecule has 0 fully saturated rings. The zero-order chi connectivity index (χ0) is 22.5. The van der Waals surface area contributed by atoms with E-state index in [2.05, 4.69) is 15.6 Å². The Morgan fingerprint density at radius 3 is 2.68 bits per heavy atom. The zero-order valence-corrected chi connectivity index (χ0v) is 17.9. The standard InChI is InChI=1S/C21H15Cl2N5O3/c1-12-14(10-24)21(30)28(17-5-3-4-6-18(17)31-2)27-19(12)20(29)26-25-11-13-7-8-15(22)16(23)9-13/h3-9,11H,1-2H3,(H,26,29)/b25-11+. The van der Waals surface area contributed by atoms with E-state index in [0.29, 0.717) is 27.0 Å². The average molecular weight is 456 g/mol. The van der Waals surface area contributed by atoms with E-state index in [1.165, 1.54) is 20.2 Å². The minimum atomic E-state index is -0.700. The molecule has 0 aliphatic heterocycles. The van der Waals surface area contributed by atoms with Crippen LogP contribution in [-0.4, -0.2) is 29.0 Å². The largest absolute Gasteiger partial charge is 0.494 e. The predicted octanol–water partition coefficient (Wildman–Crippen LogP) is 3.49. The average Bonchev–Trinajstić information content (AvgIpc) is 2.76. The second kappa shape index (κ2) is 9.43. The fourth-order valence-electron chi connectivity index (χ4n) is 2.73. The maximum absolute atomic E-state index is 12.8. The van der Waals surface area contributed by atoms with Gasteiger partial charge in [0.1, 0.15) is 23.1 Å². The Kier molecular flexibility index (Phi) is 6.70. The van der Waals surface area contributed by atoms with E-state index in [4.69, 9.17) is 27.9 Å². The molecule has 3 aromatic rings. The molecule has 0 bridgehead atoms. The van der Waals surface area contributed by atoms with Gasteiger partial charge in [-0.1, -0.05) is 41.4 Å². The topological polar surface area (TPSA) is 109 Å². The van der Waals surface area contributed by atoms with Crippen molar-refractivity contribution in [1.29, 1.82) is 5.26 Å². The molecule has 1 heterocycles. The monoisotopic (exact) mass is 455 g/mol. The van der Waals surface area contributed by atoms with Crippen LogP contribution in [0.1, 0.15) is 27.2 Å². The molecule has 31 heavy (non-hydrogen) atoms. The van der Waals surface area contributed by atoms with Crippen LogP contribution >= 0.6 is 23.2 Å². The van der Waals surface area contributed by atoms with E-state index >= 15 is 0 Å². The minimum Gasteiger partial charge on any atom is -0.494 e. The number of hydrazone groups is 1. The van der Waals surface area contributed by atoms with Crippen molar-refractivity contribution in [2.75, 3.05) is 7.11 Å². The van der Waals surface area contributed by atoms with Crippen LogP contribution in [0, 0.1) is 18.3 Å². The number of hydrogen-bond donors (Lipinski definition) is 1. The molecular formula is C21H15Cl2N5O3. The van der Waals surface area contributed by atoms with Crippen molar-refractivity contribution < 1.29 is 9.53 Å². The first-order valence-electron chi connectivity index (χ1n) is 8.83. The summed E-state index contributed by atoms with van der Waals surface area (Å²) in [6.45, 7) is 1.47. The number of benzene rings is 2. The number of ether oxygens (including phenoxy) is 1. The van der Waals surface area contributed by atoms with Gasteiger partial charge < -0.3 is 4.74 Å². The number of rotatable bonds is 5. The highest BCUT2D eigenvalue weighted by Gasteiger charge is 2.21. The lowest BCUT2D eigenvalue weighted by atomic mass is 10.1. The number of halogens is 2. The van der Waals surface area contributed by atoms with Crippen molar-refractivity contribution in [3.8, 4) is 17.5 Å². The molecule has 8 nitrogen and oxygen atoms in total. The maximum atomic E-state index is 12.8. The van der Waals surface area contributed by atoms with Crippen LogP contribution in [0.15, 0.2) is 52.4 Å². The van der Waals surface area contributed by atoms with E-state index in [-0.39, 0.29) is 16.8 Å².